The Kier molecular flexibility index (Phi) is 4.08. The number of aromatic nitrogens is 2. The number of rotatable bonds is 4. The minimum Gasteiger partial charge on any atom is -0.325 e. The molecule has 2 aromatic heterocycles. The van der Waals surface area contributed by atoms with Crippen LogP contribution < -0.4 is 5.73 Å². The van der Waals surface area contributed by atoms with Gasteiger partial charge in [-0.2, -0.15) is 0 Å². The lowest BCUT2D eigenvalue weighted by Gasteiger charge is -2.02. The summed E-state index contributed by atoms with van der Waals surface area (Å²) in [6.45, 7) is 2.57. The number of thiazole rings is 1. The van der Waals surface area contributed by atoms with Crippen molar-refractivity contribution in [3.8, 4) is 21.1 Å². The van der Waals surface area contributed by atoms with E-state index in [-0.39, 0.29) is 0 Å². The Hall–Kier alpha value is -2.04. The van der Waals surface area contributed by atoms with Gasteiger partial charge in [-0.25, -0.2) is 4.98 Å². The zero-order chi connectivity index (χ0) is 14.7. The zero-order valence-electron chi connectivity index (χ0n) is 11.9. The standard InChI is InChI=1S/C17H17N3S/c1-2-12-9-6-10-19-15(12)17-20-14(11-18)16(21-17)13-7-4-3-5-8-13/h3-10H,2,11,18H2,1H3. The zero-order valence-corrected chi connectivity index (χ0v) is 12.7. The molecule has 0 aliphatic carbocycles. The van der Waals surface area contributed by atoms with E-state index in [1.807, 2.05) is 30.5 Å². The Morgan fingerprint density at radius 1 is 1.10 bits per heavy atom. The van der Waals surface area contributed by atoms with Crippen LogP contribution in [0.3, 0.4) is 0 Å². The summed E-state index contributed by atoms with van der Waals surface area (Å²) in [6, 6.07) is 14.3. The molecular weight excluding hydrogens is 278 g/mol. The van der Waals surface area contributed by atoms with Gasteiger partial charge in [-0.15, -0.1) is 11.3 Å². The molecule has 0 fully saturated rings. The van der Waals surface area contributed by atoms with E-state index in [2.05, 4.69) is 30.1 Å². The van der Waals surface area contributed by atoms with Crippen LogP contribution in [0.4, 0.5) is 0 Å². The molecule has 21 heavy (non-hydrogen) atoms. The summed E-state index contributed by atoms with van der Waals surface area (Å²) in [6.07, 6.45) is 2.77. The minimum atomic E-state index is 0.440. The Bertz CT molecular complexity index is 735. The molecule has 1 aromatic carbocycles. The van der Waals surface area contributed by atoms with Crippen molar-refractivity contribution in [3.63, 3.8) is 0 Å². The van der Waals surface area contributed by atoms with Crippen LogP contribution in [0.2, 0.25) is 0 Å². The molecule has 3 aromatic rings. The van der Waals surface area contributed by atoms with E-state index in [9.17, 15) is 0 Å². The third kappa shape index (κ3) is 2.73. The van der Waals surface area contributed by atoms with Gasteiger partial charge < -0.3 is 5.73 Å². The van der Waals surface area contributed by atoms with E-state index in [4.69, 9.17) is 10.7 Å². The van der Waals surface area contributed by atoms with Gasteiger partial charge in [0.15, 0.2) is 0 Å². The highest BCUT2D eigenvalue weighted by Crippen LogP contribution is 2.35. The maximum Gasteiger partial charge on any atom is 0.143 e. The normalized spacial score (nSPS) is 10.8. The molecule has 4 heteroatoms. The Morgan fingerprint density at radius 3 is 2.62 bits per heavy atom. The molecule has 0 saturated heterocycles. The smallest absolute Gasteiger partial charge is 0.143 e. The lowest BCUT2D eigenvalue weighted by atomic mass is 10.1. The van der Waals surface area contributed by atoms with Crippen LogP contribution in [-0.2, 0) is 13.0 Å². The molecular formula is C17H17N3S. The van der Waals surface area contributed by atoms with Gasteiger partial charge in [-0.1, -0.05) is 43.3 Å². The first-order valence-electron chi connectivity index (χ1n) is 7.03. The Labute approximate surface area is 128 Å². The predicted octanol–water partition coefficient (Wildman–Crippen LogP) is 3.89. The van der Waals surface area contributed by atoms with Gasteiger partial charge in [0, 0.05) is 12.7 Å². The number of hydrogen-bond acceptors (Lipinski definition) is 4. The van der Waals surface area contributed by atoms with Crippen molar-refractivity contribution in [2.75, 3.05) is 0 Å². The molecule has 0 atom stereocenters. The average Bonchev–Trinajstić information content (AvgIpc) is 2.99. The molecule has 0 saturated carbocycles. The van der Waals surface area contributed by atoms with Crippen LogP contribution in [0.1, 0.15) is 18.2 Å². The second-order valence-electron chi connectivity index (χ2n) is 4.73. The summed E-state index contributed by atoms with van der Waals surface area (Å²) in [7, 11) is 0. The number of benzene rings is 1. The summed E-state index contributed by atoms with van der Waals surface area (Å²) in [5.41, 5.74) is 10.2. The summed E-state index contributed by atoms with van der Waals surface area (Å²) < 4.78 is 0. The molecule has 3 nitrogen and oxygen atoms in total. The number of nitrogens with zero attached hydrogens (tertiary/aromatic N) is 2. The van der Waals surface area contributed by atoms with Crippen molar-refractivity contribution in [3.05, 3.63) is 59.9 Å². The van der Waals surface area contributed by atoms with E-state index in [0.717, 1.165) is 33.3 Å². The first kappa shape index (κ1) is 13.9. The molecule has 0 aliphatic rings. The van der Waals surface area contributed by atoms with Gasteiger partial charge in [-0.05, 0) is 23.6 Å². The molecule has 2 N–H and O–H groups in total. The third-order valence-electron chi connectivity index (χ3n) is 3.40. The Balaban J connectivity index is 2.12. The molecule has 3 rings (SSSR count). The highest BCUT2D eigenvalue weighted by atomic mass is 32.1. The van der Waals surface area contributed by atoms with Gasteiger partial charge in [0.25, 0.3) is 0 Å². The topological polar surface area (TPSA) is 51.8 Å². The van der Waals surface area contributed by atoms with E-state index in [1.165, 1.54) is 5.56 Å². The van der Waals surface area contributed by atoms with Crippen molar-refractivity contribution >= 4 is 11.3 Å². The van der Waals surface area contributed by atoms with Crippen LogP contribution in [0.5, 0.6) is 0 Å². The molecule has 0 radical (unpaired) electrons. The van der Waals surface area contributed by atoms with E-state index in [0.29, 0.717) is 6.54 Å². The SMILES string of the molecule is CCc1cccnc1-c1nc(CN)c(-c2ccccc2)s1. The second-order valence-corrected chi connectivity index (χ2v) is 5.73. The summed E-state index contributed by atoms with van der Waals surface area (Å²) in [5, 5.41) is 0.951. The average molecular weight is 295 g/mol. The maximum atomic E-state index is 5.87. The fourth-order valence-corrected chi connectivity index (χ4v) is 3.45. The van der Waals surface area contributed by atoms with Crippen LogP contribution in [0.15, 0.2) is 48.7 Å². The number of pyridine rings is 1. The second kappa shape index (κ2) is 6.16. The highest BCUT2D eigenvalue weighted by molar-refractivity contribution is 7.18. The van der Waals surface area contributed by atoms with Crippen LogP contribution in [-0.4, -0.2) is 9.97 Å². The third-order valence-corrected chi connectivity index (χ3v) is 4.55. The van der Waals surface area contributed by atoms with Crippen LogP contribution in [0.25, 0.3) is 21.1 Å². The maximum absolute atomic E-state index is 5.87. The first-order chi connectivity index (χ1) is 10.3. The van der Waals surface area contributed by atoms with E-state index < -0.39 is 0 Å². The molecule has 0 bridgehead atoms. The molecule has 0 aliphatic heterocycles. The minimum absolute atomic E-state index is 0.440. The largest absolute Gasteiger partial charge is 0.325 e. The van der Waals surface area contributed by atoms with E-state index >= 15 is 0 Å². The summed E-state index contributed by atoms with van der Waals surface area (Å²) >= 11 is 1.67. The predicted molar refractivity (Wildman–Crippen MR) is 88.1 cm³/mol. The van der Waals surface area contributed by atoms with Crippen molar-refractivity contribution in [1.29, 1.82) is 0 Å². The fourth-order valence-electron chi connectivity index (χ4n) is 2.32. The lowest BCUT2D eigenvalue weighted by molar-refractivity contribution is 1.01. The van der Waals surface area contributed by atoms with Gasteiger partial charge in [0.1, 0.15) is 10.7 Å². The molecule has 0 unspecified atom stereocenters. The van der Waals surface area contributed by atoms with Crippen LogP contribution >= 0.6 is 11.3 Å². The lowest BCUT2D eigenvalue weighted by Crippen LogP contribution is -1.98. The van der Waals surface area contributed by atoms with Crippen molar-refractivity contribution in [2.45, 2.75) is 19.9 Å². The number of hydrogen-bond donors (Lipinski definition) is 1. The monoisotopic (exact) mass is 295 g/mol. The quantitative estimate of drug-likeness (QED) is 0.794. The molecule has 0 spiro atoms. The van der Waals surface area contributed by atoms with E-state index in [1.54, 1.807) is 11.3 Å². The number of aryl methyl sites for hydroxylation is 1. The molecule has 0 amide bonds. The highest BCUT2D eigenvalue weighted by Gasteiger charge is 2.15. The van der Waals surface area contributed by atoms with Gasteiger partial charge >= 0.3 is 0 Å². The van der Waals surface area contributed by atoms with Crippen molar-refractivity contribution in [2.24, 2.45) is 5.73 Å². The van der Waals surface area contributed by atoms with Crippen LogP contribution in [0, 0.1) is 0 Å². The number of nitrogens with two attached hydrogens (primary N) is 1. The molecule has 2 heterocycles. The summed E-state index contributed by atoms with van der Waals surface area (Å²) in [5.74, 6) is 0. The fraction of sp³-hybridized carbons (Fsp3) is 0.176. The van der Waals surface area contributed by atoms with Gasteiger partial charge in [-0.3, -0.25) is 4.98 Å². The molecule has 106 valence electrons. The summed E-state index contributed by atoms with van der Waals surface area (Å²) in [4.78, 5) is 10.4. The van der Waals surface area contributed by atoms with Gasteiger partial charge in [0.2, 0.25) is 0 Å². The van der Waals surface area contributed by atoms with Gasteiger partial charge in [0.05, 0.1) is 10.6 Å². The first-order valence-corrected chi connectivity index (χ1v) is 7.84. The van der Waals surface area contributed by atoms with Crippen molar-refractivity contribution < 1.29 is 0 Å². The van der Waals surface area contributed by atoms with Crippen molar-refractivity contribution in [1.82, 2.24) is 9.97 Å². The Morgan fingerprint density at radius 2 is 1.90 bits per heavy atom.